The summed E-state index contributed by atoms with van der Waals surface area (Å²) in [7, 11) is 0. The minimum atomic E-state index is -4.52. The molecule has 0 saturated carbocycles. The molecule has 1 atom stereocenters. The highest BCUT2D eigenvalue weighted by Crippen LogP contribution is 2.35. The van der Waals surface area contributed by atoms with Crippen molar-refractivity contribution in [2.75, 3.05) is 11.9 Å². The molecular formula is C21H18F3N3O2S. The number of fused-ring (bicyclic) bond motifs is 1. The molecule has 2 aromatic carbocycles. The van der Waals surface area contributed by atoms with Crippen molar-refractivity contribution in [1.29, 1.82) is 0 Å². The van der Waals surface area contributed by atoms with Crippen molar-refractivity contribution < 1.29 is 22.7 Å². The number of nitrogens with zero attached hydrogens (tertiary/aromatic N) is 2. The summed E-state index contributed by atoms with van der Waals surface area (Å²) in [6.45, 7) is 0.864. The van der Waals surface area contributed by atoms with Crippen molar-refractivity contribution in [2.45, 2.75) is 25.9 Å². The molecule has 1 N–H and O–H groups in total. The van der Waals surface area contributed by atoms with Gasteiger partial charge in [-0.15, -0.1) is 11.3 Å². The number of hydrogen-bond donors (Lipinski definition) is 1. The maximum atomic E-state index is 13.2. The number of carbonyl (C=O) groups is 1. The Balaban J connectivity index is 1.56. The van der Waals surface area contributed by atoms with E-state index in [1.54, 1.807) is 42.5 Å². The van der Waals surface area contributed by atoms with Crippen LogP contribution in [0, 0.1) is 6.92 Å². The van der Waals surface area contributed by atoms with Gasteiger partial charge in [-0.1, -0.05) is 24.3 Å². The quantitative estimate of drug-likeness (QED) is 0.604. The number of hydrogen-bond acceptors (Lipinski definition) is 5. The number of para-hydroxylation sites is 1. The monoisotopic (exact) mass is 433 g/mol. The van der Waals surface area contributed by atoms with Gasteiger partial charge in [0.25, 0.3) is 5.91 Å². The van der Waals surface area contributed by atoms with Crippen LogP contribution in [-0.2, 0) is 6.61 Å². The molecular weight excluding hydrogens is 415 g/mol. The van der Waals surface area contributed by atoms with Crippen LogP contribution < -0.4 is 10.1 Å². The smallest absolute Gasteiger partial charge is 0.406 e. The van der Waals surface area contributed by atoms with Crippen molar-refractivity contribution in [3.63, 3.8) is 0 Å². The molecule has 0 radical (unpaired) electrons. The third kappa shape index (κ3) is 4.40. The zero-order valence-corrected chi connectivity index (χ0v) is 16.8. The van der Waals surface area contributed by atoms with E-state index in [2.05, 4.69) is 10.3 Å². The molecule has 9 heteroatoms. The van der Waals surface area contributed by atoms with E-state index < -0.39 is 24.8 Å². The van der Waals surface area contributed by atoms with Gasteiger partial charge >= 0.3 is 6.18 Å². The third-order valence-electron chi connectivity index (χ3n) is 4.62. The fourth-order valence-corrected chi connectivity index (χ4v) is 3.89. The van der Waals surface area contributed by atoms with Crippen molar-refractivity contribution in [1.82, 2.24) is 9.88 Å². The van der Waals surface area contributed by atoms with Crippen LogP contribution in [-0.4, -0.2) is 28.5 Å². The summed E-state index contributed by atoms with van der Waals surface area (Å²) >= 11 is 1.53. The lowest BCUT2D eigenvalue weighted by atomic mass is 10.0. The first-order valence-corrected chi connectivity index (χ1v) is 10.1. The van der Waals surface area contributed by atoms with E-state index >= 15 is 0 Å². The van der Waals surface area contributed by atoms with Crippen LogP contribution in [0.3, 0.4) is 0 Å². The van der Waals surface area contributed by atoms with Crippen molar-refractivity contribution >= 4 is 22.9 Å². The number of carbonyl (C=O) groups excluding carboxylic acids is 1. The fourth-order valence-electron chi connectivity index (χ4n) is 3.29. The third-order valence-corrected chi connectivity index (χ3v) is 5.44. The van der Waals surface area contributed by atoms with Gasteiger partial charge in [0.15, 0.2) is 0 Å². The molecule has 156 valence electrons. The van der Waals surface area contributed by atoms with Crippen LogP contribution in [0.1, 0.15) is 32.8 Å². The van der Waals surface area contributed by atoms with Gasteiger partial charge in [0, 0.05) is 11.1 Å². The zero-order valence-electron chi connectivity index (χ0n) is 15.9. The van der Waals surface area contributed by atoms with E-state index in [0.29, 0.717) is 23.6 Å². The van der Waals surface area contributed by atoms with Gasteiger partial charge in [-0.2, -0.15) is 13.2 Å². The summed E-state index contributed by atoms with van der Waals surface area (Å²) in [5.74, 6) is -0.0970. The first kappa shape index (κ1) is 20.2. The highest BCUT2D eigenvalue weighted by atomic mass is 32.1. The Bertz CT molecular complexity index is 1050. The molecule has 1 aromatic heterocycles. The summed E-state index contributed by atoms with van der Waals surface area (Å²) in [5.41, 5.74) is 2.06. The summed E-state index contributed by atoms with van der Waals surface area (Å²) < 4.78 is 45.2. The van der Waals surface area contributed by atoms with Crippen LogP contribution in [0.25, 0.3) is 0 Å². The van der Waals surface area contributed by atoms with E-state index in [-0.39, 0.29) is 5.56 Å². The molecule has 4 rings (SSSR count). The molecule has 0 aliphatic carbocycles. The lowest BCUT2D eigenvalue weighted by Gasteiger charge is -2.38. The highest BCUT2D eigenvalue weighted by molar-refractivity contribution is 7.09. The second-order valence-corrected chi connectivity index (χ2v) is 7.92. The maximum Gasteiger partial charge on any atom is 0.406 e. The molecule has 5 nitrogen and oxygen atoms in total. The molecule has 1 amide bonds. The van der Waals surface area contributed by atoms with Crippen LogP contribution in [0.4, 0.5) is 18.9 Å². The Labute approximate surface area is 175 Å². The summed E-state index contributed by atoms with van der Waals surface area (Å²) in [6, 6.07) is 13.2. The number of anilines is 1. The summed E-state index contributed by atoms with van der Waals surface area (Å²) in [4.78, 5) is 17.9. The minimum Gasteiger partial charge on any atom is -0.487 e. The Morgan fingerprint density at radius 2 is 1.90 bits per heavy atom. The van der Waals surface area contributed by atoms with Gasteiger partial charge in [0.05, 0.1) is 16.3 Å². The number of alkyl halides is 3. The number of amides is 1. The molecule has 30 heavy (non-hydrogen) atoms. The van der Waals surface area contributed by atoms with Gasteiger partial charge in [0.1, 0.15) is 25.1 Å². The maximum absolute atomic E-state index is 13.2. The lowest BCUT2D eigenvalue weighted by molar-refractivity contribution is -0.144. The Hall–Kier alpha value is -3.07. The van der Waals surface area contributed by atoms with Gasteiger partial charge in [-0.25, -0.2) is 4.98 Å². The largest absolute Gasteiger partial charge is 0.487 e. The van der Waals surface area contributed by atoms with Gasteiger partial charge in [-0.3, -0.25) is 4.79 Å². The molecule has 0 bridgehead atoms. The van der Waals surface area contributed by atoms with Crippen LogP contribution in [0.5, 0.6) is 5.75 Å². The number of rotatable bonds is 5. The normalized spacial score (nSPS) is 16.2. The predicted octanol–water partition coefficient (Wildman–Crippen LogP) is 5.16. The van der Waals surface area contributed by atoms with E-state index in [1.165, 1.54) is 17.4 Å². The predicted molar refractivity (Wildman–Crippen MR) is 108 cm³/mol. The number of halogens is 3. The minimum absolute atomic E-state index is 0.219. The number of aromatic nitrogens is 1. The van der Waals surface area contributed by atoms with Crippen molar-refractivity contribution in [2.24, 2.45) is 0 Å². The SMILES string of the molecule is Cc1nc(COc2ccc(C3Nc4ccccc4C(=O)N3CC(F)(F)F)cc2)cs1. The van der Waals surface area contributed by atoms with E-state index in [9.17, 15) is 18.0 Å². The highest BCUT2D eigenvalue weighted by Gasteiger charge is 2.40. The average molecular weight is 433 g/mol. The van der Waals surface area contributed by atoms with E-state index in [1.807, 2.05) is 12.3 Å². The van der Waals surface area contributed by atoms with Gasteiger partial charge in [-0.05, 0) is 36.8 Å². The number of nitrogens with one attached hydrogen (secondary N) is 1. The second-order valence-electron chi connectivity index (χ2n) is 6.86. The second kappa shape index (κ2) is 7.98. The molecule has 1 aliphatic rings. The Morgan fingerprint density at radius 1 is 1.17 bits per heavy atom. The summed E-state index contributed by atoms with van der Waals surface area (Å²) in [6.07, 6.45) is -5.46. The number of aryl methyl sites for hydroxylation is 1. The number of benzene rings is 2. The first-order chi connectivity index (χ1) is 14.3. The van der Waals surface area contributed by atoms with E-state index in [4.69, 9.17) is 4.74 Å². The standard InChI is InChI=1S/C21H18F3N3O2S/c1-13-25-15(11-30-13)10-29-16-8-6-14(7-9-16)19-26-18-5-3-2-4-17(18)20(28)27(19)12-21(22,23)24/h2-9,11,19,26H,10,12H2,1H3. The van der Waals surface area contributed by atoms with Gasteiger partial charge < -0.3 is 15.0 Å². The zero-order chi connectivity index (χ0) is 21.3. The fraction of sp³-hybridized carbons (Fsp3) is 0.238. The van der Waals surface area contributed by atoms with Crippen LogP contribution in [0.2, 0.25) is 0 Å². The van der Waals surface area contributed by atoms with Crippen LogP contribution >= 0.6 is 11.3 Å². The lowest BCUT2D eigenvalue weighted by Crippen LogP contribution is -2.47. The molecule has 1 aliphatic heterocycles. The van der Waals surface area contributed by atoms with Crippen LogP contribution in [0.15, 0.2) is 53.9 Å². The topological polar surface area (TPSA) is 54.5 Å². The molecule has 0 fully saturated rings. The number of ether oxygens (including phenoxy) is 1. The average Bonchev–Trinajstić information content (AvgIpc) is 3.13. The molecule has 2 heterocycles. The molecule has 1 unspecified atom stereocenters. The van der Waals surface area contributed by atoms with Crippen molar-refractivity contribution in [3.05, 3.63) is 75.7 Å². The molecule has 0 saturated heterocycles. The molecule has 0 spiro atoms. The van der Waals surface area contributed by atoms with Crippen molar-refractivity contribution in [3.8, 4) is 5.75 Å². The Kier molecular flexibility index (Phi) is 5.38. The molecule has 3 aromatic rings. The van der Waals surface area contributed by atoms with Gasteiger partial charge in [0.2, 0.25) is 0 Å². The summed E-state index contributed by atoms with van der Waals surface area (Å²) in [5, 5.41) is 5.91. The van der Waals surface area contributed by atoms with E-state index in [0.717, 1.165) is 15.6 Å². The Morgan fingerprint density at radius 3 is 2.57 bits per heavy atom. The first-order valence-electron chi connectivity index (χ1n) is 9.17. The number of thiazole rings is 1.